The molecule has 1 aromatic rings. The number of hydrogen-bond donors (Lipinski definition) is 1. The lowest BCUT2D eigenvalue weighted by Crippen LogP contribution is -2.20. The van der Waals surface area contributed by atoms with E-state index in [9.17, 15) is 4.79 Å². The average Bonchev–Trinajstić information content (AvgIpc) is 2.80. The molecule has 16 heavy (non-hydrogen) atoms. The molecule has 1 aliphatic heterocycles. The van der Waals surface area contributed by atoms with Gasteiger partial charge in [0.2, 0.25) is 5.95 Å². The molecule has 0 aliphatic carbocycles. The average molecular weight is 219 g/mol. The summed E-state index contributed by atoms with van der Waals surface area (Å²) in [6.45, 7) is 2.01. The van der Waals surface area contributed by atoms with Crippen molar-refractivity contribution in [3.05, 3.63) is 24.0 Å². The number of carboxylic acids is 1. The Morgan fingerprint density at radius 2 is 1.94 bits per heavy atom. The van der Waals surface area contributed by atoms with E-state index in [4.69, 9.17) is 5.11 Å². The van der Waals surface area contributed by atoms with E-state index in [-0.39, 0.29) is 0 Å². The molecule has 0 amide bonds. The van der Waals surface area contributed by atoms with Gasteiger partial charge in [-0.1, -0.05) is 0 Å². The third kappa shape index (κ3) is 2.56. The number of hydrogen-bond acceptors (Lipinski definition) is 4. The highest BCUT2D eigenvalue weighted by Gasteiger charge is 2.13. The van der Waals surface area contributed by atoms with Gasteiger partial charge in [-0.3, -0.25) is 0 Å². The smallest absolute Gasteiger partial charge is 0.328 e. The van der Waals surface area contributed by atoms with Crippen LogP contribution in [-0.2, 0) is 4.79 Å². The SMILES string of the molecule is O=C(O)/C=C/c1cnc(N2CCCC2)nc1. The fourth-order valence-electron chi connectivity index (χ4n) is 1.67. The molecule has 0 atom stereocenters. The molecule has 1 aliphatic rings. The van der Waals surface area contributed by atoms with Gasteiger partial charge in [-0.05, 0) is 18.9 Å². The molecule has 2 rings (SSSR count). The van der Waals surface area contributed by atoms with Crippen LogP contribution >= 0.6 is 0 Å². The fourth-order valence-corrected chi connectivity index (χ4v) is 1.67. The molecule has 1 fully saturated rings. The molecule has 84 valence electrons. The quantitative estimate of drug-likeness (QED) is 0.773. The van der Waals surface area contributed by atoms with Gasteiger partial charge >= 0.3 is 5.97 Å². The Labute approximate surface area is 93.4 Å². The van der Waals surface area contributed by atoms with Crippen LogP contribution in [0.2, 0.25) is 0 Å². The number of carbonyl (C=O) groups is 1. The molecule has 5 nitrogen and oxygen atoms in total. The van der Waals surface area contributed by atoms with Gasteiger partial charge in [0.25, 0.3) is 0 Å². The first kappa shape index (κ1) is 10.6. The monoisotopic (exact) mass is 219 g/mol. The van der Waals surface area contributed by atoms with Crippen molar-refractivity contribution >= 4 is 18.0 Å². The van der Waals surface area contributed by atoms with E-state index in [2.05, 4.69) is 14.9 Å². The number of aromatic nitrogens is 2. The van der Waals surface area contributed by atoms with Crippen molar-refractivity contribution in [1.29, 1.82) is 0 Å². The minimum atomic E-state index is -0.969. The zero-order valence-electron chi connectivity index (χ0n) is 8.83. The van der Waals surface area contributed by atoms with Crippen molar-refractivity contribution in [2.24, 2.45) is 0 Å². The maximum Gasteiger partial charge on any atom is 0.328 e. The summed E-state index contributed by atoms with van der Waals surface area (Å²) in [7, 11) is 0. The van der Waals surface area contributed by atoms with E-state index in [1.807, 2.05) is 0 Å². The second-order valence-corrected chi connectivity index (χ2v) is 3.68. The fraction of sp³-hybridized carbons (Fsp3) is 0.364. The Bertz CT molecular complexity index is 394. The van der Waals surface area contributed by atoms with Crippen LogP contribution in [0.4, 0.5) is 5.95 Å². The Hall–Kier alpha value is -1.91. The number of anilines is 1. The lowest BCUT2D eigenvalue weighted by molar-refractivity contribution is -0.131. The summed E-state index contributed by atoms with van der Waals surface area (Å²) < 4.78 is 0. The van der Waals surface area contributed by atoms with E-state index in [1.165, 1.54) is 18.9 Å². The standard InChI is InChI=1S/C11H13N3O2/c15-10(16)4-3-9-7-12-11(13-8-9)14-5-1-2-6-14/h3-4,7-8H,1-2,5-6H2,(H,15,16)/b4-3+. The topological polar surface area (TPSA) is 66.3 Å². The highest BCUT2D eigenvalue weighted by Crippen LogP contribution is 2.14. The van der Waals surface area contributed by atoms with Crippen molar-refractivity contribution in [3.63, 3.8) is 0 Å². The second kappa shape index (κ2) is 4.74. The normalized spacial score (nSPS) is 15.9. The van der Waals surface area contributed by atoms with Crippen molar-refractivity contribution in [2.45, 2.75) is 12.8 Å². The zero-order chi connectivity index (χ0) is 11.4. The largest absolute Gasteiger partial charge is 0.478 e. The van der Waals surface area contributed by atoms with Crippen LogP contribution in [0.5, 0.6) is 0 Å². The molecule has 0 saturated carbocycles. The Kier molecular flexibility index (Phi) is 3.14. The first-order valence-electron chi connectivity index (χ1n) is 5.24. The molecule has 2 heterocycles. The van der Waals surface area contributed by atoms with Crippen molar-refractivity contribution in [2.75, 3.05) is 18.0 Å². The maximum atomic E-state index is 10.3. The van der Waals surface area contributed by atoms with Crippen LogP contribution in [0, 0.1) is 0 Å². The Balaban J connectivity index is 2.06. The summed E-state index contributed by atoms with van der Waals surface area (Å²) in [6.07, 6.45) is 8.21. The first-order valence-corrected chi connectivity index (χ1v) is 5.24. The lowest BCUT2D eigenvalue weighted by Gasteiger charge is -2.13. The molecular formula is C11H13N3O2. The van der Waals surface area contributed by atoms with Crippen molar-refractivity contribution in [3.8, 4) is 0 Å². The van der Waals surface area contributed by atoms with Gasteiger partial charge in [-0.2, -0.15) is 0 Å². The first-order chi connectivity index (χ1) is 7.75. The minimum Gasteiger partial charge on any atom is -0.478 e. The molecule has 0 unspecified atom stereocenters. The lowest BCUT2D eigenvalue weighted by atomic mass is 10.3. The summed E-state index contributed by atoms with van der Waals surface area (Å²) in [5.41, 5.74) is 0.699. The van der Waals surface area contributed by atoms with Crippen LogP contribution in [0.3, 0.4) is 0 Å². The number of aliphatic carboxylic acids is 1. The van der Waals surface area contributed by atoms with Crippen LogP contribution in [0.15, 0.2) is 18.5 Å². The van der Waals surface area contributed by atoms with Gasteiger partial charge in [-0.25, -0.2) is 14.8 Å². The van der Waals surface area contributed by atoms with Gasteiger partial charge in [0.15, 0.2) is 0 Å². The summed E-state index contributed by atoms with van der Waals surface area (Å²) in [6, 6.07) is 0. The predicted molar refractivity (Wildman–Crippen MR) is 60.1 cm³/mol. The van der Waals surface area contributed by atoms with Crippen LogP contribution in [0.25, 0.3) is 6.08 Å². The van der Waals surface area contributed by atoms with E-state index < -0.39 is 5.97 Å². The molecule has 0 bridgehead atoms. The van der Waals surface area contributed by atoms with E-state index >= 15 is 0 Å². The van der Waals surface area contributed by atoms with Gasteiger partial charge in [0.1, 0.15) is 0 Å². The highest BCUT2D eigenvalue weighted by molar-refractivity contribution is 5.85. The third-order valence-corrected chi connectivity index (χ3v) is 2.47. The molecular weight excluding hydrogens is 206 g/mol. The molecule has 1 saturated heterocycles. The van der Waals surface area contributed by atoms with Crippen LogP contribution in [-0.4, -0.2) is 34.1 Å². The van der Waals surface area contributed by atoms with Gasteiger partial charge in [0, 0.05) is 37.1 Å². The van der Waals surface area contributed by atoms with Gasteiger partial charge in [0.05, 0.1) is 0 Å². The predicted octanol–water partition coefficient (Wildman–Crippen LogP) is 1.17. The van der Waals surface area contributed by atoms with E-state index in [1.54, 1.807) is 12.4 Å². The highest BCUT2D eigenvalue weighted by atomic mass is 16.4. The van der Waals surface area contributed by atoms with Crippen molar-refractivity contribution < 1.29 is 9.90 Å². The zero-order valence-corrected chi connectivity index (χ0v) is 8.83. The number of nitrogens with zero attached hydrogens (tertiary/aromatic N) is 3. The molecule has 0 radical (unpaired) electrons. The summed E-state index contributed by atoms with van der Waals surface area (Å²) in [5.74, 6) is -0.242. The minimum absolute atomic E-state index is 0.699. The summed E-state index contributed by atoms with van der Waals surface area (Å²) in [4.78, 5) is 20.9. The van der Waals surface area contributed by atoms with Gasteiger partial charge in [-0.15, -0.1) is 0 Å². The van der Waals surface area contributed by atoms with Crippen molar-refractivity contribution in [1.82, 2.24) is 9.97 Å². The van der Waals surface area contributed by atoms with Gasteiger partial charge < -0.3 is 10.0 Å². The molecule has 0 aromatic carbocycles. The number of carboxylic acid groups (broad SMARTS) is 1. The Morgan fingerprint density at radius 1 is 1.31 bits per heavy atom. The molecule has 5 heteroatoms. The third-order valence-electron chi connectivity index (χ3n) is 2.47. The second-order valence-electron chi connectivity index (χ2n) is 3.68. The Morgan fingerprint density at radius 3 is 2.50 bits per heavy atom. The number of rotatable bonds is 3. The van der Waals surface area contributed by atoms with Crippen LogP contribution in [0.1, 0.15) is 18.4 Å². The maximum absolute atomic E-state index is 10.3. The molecule has 1 aromatic heterocycles. The van der Waals surface area contributed by atoms with Crippen LogP contribution < -0.4 is 4.90 Å². The summed E-state index contributed by atoms with van der Waals surface area (Å²) in [5, 5.41) is 8.47. The van der Waals surface area contributed by atoms with E-state index in [0.29, 0.717) is 5.56 Å². The summed E-state index contributed by atoms with van der Waals surface area (Å²) >= 11 is 0. The molecule has 0 spiro atoms. The molecule has 1 N–H and O–H groups in total. The van der Waals surface area contributed by atoms with E-state index in [0.717, 1.165) is 25.1 Å².